The molecular weight excluding hydrogens is 340 g/mol. The molecule has 0 aliphatic carbocycles. The van der Waals surface area contributed by atoms with E-state index >= 15 is 0 Å². The van der Waals surface area contributed by atoms with E-state index in [0.717, 1.165) is 40.4 Å². The van der Waals surface area contributed by atoms with Crippen molar-refractivity contribution >= 4 is 16.9 Å². The van der Waals surface area contributed by atoms with Crippen LogP contribution in [0.1, 0.15) is 18.3 Å². The fourth-order valence-electron chi connectivity index (χ4n) is 3.09. The standard InChI is InChI=1S/C19H20N8/c1-12(10-14-11-20-8-9-21-14)23-18-16-13(2)26-27(3)19(16)25-17(24-18)15-6-4-5-7-22-15/h4-9,11-12H,10H2,1-3H3,(H,23,24,25)/t12-/m1/s1. The largest absolute Gasteiger partial charge is 0.366 e. The molecule has 0 saturated heterocycles. The maximum atomic E-state index is 4.75. The van der Waals surface area contributed by atoms with Gasteiger partial charge in [-0.25, -0.2) is 9.97 Å². The molecule has 4 rings (SSSR count). The van der Waals surface area contributed by atoms with Crippen LogP contribution < -0.4 is 5.32 Å². The predicted molar refractivity (Wildman–Crippen MR) is 103 cm³/mol. The van der Waals surface area contributed by atoms with Crippen LogP contribution in [0.3, 0.4) is 0 Å². The molecular formula is C19H20N8. The number of pyridine rings is 1. The lowest BCUT2D eigenvalue weighted by atomic mass is 10.2. The summed E-state index contributed by atoms with van der Waals surface area (Å²) in [5.74, 6) is 1.32. The van der Waals surface area contributed by atoms with Crippen molar-refractivity contribution in [3.05, 3.63) is 54.4 Å². The van der Waals surface area contributed by atoms with Crippen LogP contribution in [0.2, 0.25) is 0 Å². The van der Waals surface area contributed by atoms with Gasteiger partial charge in [-0.05, 0) is 26.0 Å². The number of aromatic nitrogens is 7. The molecule has 8 nitrogen and oxygen atoms in total. The highest BCUT2D eigenvalue weighted by atomic mass is 15.3. The van der Waals surface area contributed by atoms with Crippen LogP contribution in [0.25, 0.3) is 22.6 Å². The lowest BCUT2D eigenvalue weighted by Crippen LogP contribution is -2.20. The van der Waals surface area contributed by atoms with E-state index in [4.69, 9.17) is 4.98 Å². The van der Waals surface area contributed by atoms with Crippen molar-refractivity contribution in [2.45, 2.75) is 26.3 Å². The van der Waals surface area contributed by atoms with Crippen molar-refractivity contribution < 1.29 is 0 Å². The zero-order valence-corrected chi connectivity index (χ0v) is 15.5. The minimum atomic E-state index is 0.107. The van der Waals surface area contributed by atoms with E-state index in [1.807, 2.05) is 32.2 Å². The summed E-state index contributed by atoms with van der Waals surface area (Å²) in [6.07, 6.45) is 7.63. The number of nitrogens with zero attached hydrogens (tertiary/aromatic N) is 7. The minimum Gasteiger partial charge on any atom is -0.366 e. The number of hydrogen-bond acceptors (Lipinski definition) is 7. The van der Waals surface area contributed by atoms with E-state index in [2.05, 4.69) is 37.3 Å². The van der Waals surface area contributed by atoms with Crippen molar-refractivity contribution in [3.63, 3.8) is 0 Å². The molecule has 0 radical (unpaired) electrons. The van der Waals surface area contributed by atoms with Gasteiger partial charge in [0.05, 0.1) is 16.8 Å². The first kappa shape index (κ1) is 17.0. The maximum Gasteiger partial charge on any atom is 0.182 e. The van der Waals surface area contributed by atoms with Crippen LogP contribution in [-0.4, -0.2) is 40.7 Å². The van der Waals surface area contributed by atoms with E-state index in [1.165, 1.54) is 0 Å². The minimum absolute atomic E-state index is 0.107. The van der Waals surface area contributed by atoms with Crippen LogP contribution in [-0.2, 0) is 13.5 Å². The van der Waals surface area contributed by atoms with E-state index in [1.54, 1.807) is 29.5 Å². The van der Waals surface area contributed by atoms with Gasteiger partial charge in [-0.3, -0.25) is 19.6 Å². The van der Waals surface area contributed by atoms with E-state index in [0.29, 0.717) is 5.82 Å². The summed E-state index contributed by atoms with van der Waals surface area (Å²) in [6.45, 7) is 4.05. The highest BCUT2D eigenvalue weighted by Crippen LogP contribution is 2.27. The van der Waals surface area contributed by atoms with Gasteiger partial charge in [0.15, 0.2) is 11.5 Å². The molecule has 4 aromatic rings. The Labute approximate surface area is 156 Å². The van der Waals surface area contributed by atoms with Crippen LogP contribution in [0, 0.1) is 6.92 Å². The Morgan fingerprint density at radius 2 is 2.00 bits per heavy atom. The summed E-state index contributed by atoms with van der Waals surface area (Å²) in [7, 11) is 1.89. The summed E-state index contributed by atoms with van der Waals surface area (Å²) in [6, 6.07) is 5.81. The molecule has 0 aromatic carbocycles. The van der Waals surface area contributed by atoms with Crippen LogP contribution in [0.4, 0.5) is 5.82 Å². The third kappa shape index (κ3) is 3.46. The fourth-order valence-corrected chi connectivity index (χ4v) is 3.09. The molecule has 27 heavy (non-hydrogen) atoms. The van der Waals surface area contributed by atoms with Gasteiger partial charge in [-0.2, -0.15) is 5.10 Å². The topological polar surface area (TPSA) is 94.3 Å². The van der Waals surface area contributed by atoms with Crippen molar-refractivity contribution in [1.29, 1.82) is 0 Å². The molecule has 1 atom stereocenters. The highest BCUT2D eigenvalue weighted by molar-refractivity contribution is 5.90. The molecule has 0 fully saturated rings. The number of fused-ring (bicyclic) bond motifs is 1. The quantitative estimate of drug-likeness (QED) is 0.584. The van der Waals surface area contributed by atoms with E-state index < -0.39 is 0 Å². The second-order valence-corrected chi connectivity index (χ2v) is 6.46. The summed E-state index contributed by atoms with van der Waals surface area (Å²) in [5, 5.41) is 8.93. The Morgan fingerprint density at radius 3 is 2.74 bits per heavy atom. The molecule has 0 aliphatic heterocycles. The lowest BCUT2D eigenvalue weighted by molar-refractivity contribution is 0.760. The smallest absolute Gasteiger partial charge is 0.182 e. The fraction of sp³-hybridized carbons (Fsp3) is 0.263. The molecule has 4 heterocycles. The third-order valence-corrected chi connectivity index (χ3v) is 4.27. The van der Waals surface area contributed by atoms with Crippen LogP contribution in [0.15, 0.2) is 43.0 Å². The lowest BCUT2D eigenvalue weighted by Gasteiger charge is -2.15. The van der Waals surface area contributed by atoms with Gasteiger partial charge in [-0.15, -0.1) is 0 Å². The van der Waals surface area contributed by atoms with Gasteiger partial charge in [0.2, 0.25) is 0 Å². The number of hydrogen-bond donors (Lipinski definition) is 1. The average Bonchev–Trinajstić information content (AvgIpc) is 2.97. The molecule has 8 heteroatoms. The molecule has 0 bridgehead atoms. The zero-order chi connectivity index (χ0) is 18.8. The summed E-state index contributed by atoms with van der Waals surface area (Å²) in [4.78, 5) is 22.3. The molecule has 0 unspecified atom stereocenters. The first-order chi connectivity index (χ1) is 13.1. The predicted octanol–water partition coefficient (Wildman–Crippen LogP) is 2.57. The summed E-state index contributed by atoms with van der Waals surface area (Å²) < 4.78 is 1.78. The summed E-state index contributed by atoms with van der Waals surface area (Å²) in [5.41, 5.74) is 3.31. The SMILES string of the molecule is Cc1nn(C)c2nc(-c3ccccn3)nc(N[C@H](C)Cc3cnccn3)c12. The van der Waals surface area contributed by atoms with Crippen molar-refractivity contribution in [1.82, 2.24) is 34.7 Å². The Morgan fingerprint density at radius 1 is 1.11 bits per heavy atom. The van der Waals surface area contributed by atoms with Gasteiger partial charge in [0, 0.05) is 44.3 Å². The molecule has 0 saturated carbocycles. The van der Waals surface area contributed by atoms with Gasteiger partial charge in [0.1, 0.15) is 11.5 Å². The molecule has 0 aliphatic rings. The number of anilines is 1. The van der Waals surface area contributed by atoms with Crippen molar-refractivity contribution in [3.8, 4) is 11.5 Å². The molecule has 136 valence electrons. The second-order valence-electron chi connectivity index (χ2n) is 6.46. The first-order valence-corrected chi connectivity index (χ1v) is 8.76. The van der Waals surface area contributed by atoms with Crippen LogP contribution in [0.5, 0.6) is 0 Å². The second kappa shape index (κ2) is 7.06. The number of aryl methyl sites for hydroxylation is 2. The summed E-state index contributed by atoms with van der Waals surface area (Å²) >= 11 is 0. The molecule has 0 amide bonds. The van der Waals surface area contributed by atoms with Gasteiger partial charge >= 0.3 is 0 Å². The molecule has 4 aromatic heterocycles. The van der Waals surface area contributed by atoms with E-state index in [9.17, 15) is 0 Å². The van der Waals surface area contributed by atoms with Gasteiger partial charge < -0.3 is 5.32 Å². The third-order valence-electron chi connectivity index (χ3n) is 4.27. The Kier molecular flexibility index (Phi) is 4.45. The first-order valence-electron chi connectivity index (χ1n) is 8.76. The Hall–Kier alpha value is -3.42. The van der Waals surface area contributed by atoms with Crippen LogP contribution >= 0.6 is 0 Å². The van der Waals surface area contributed by atoms with Gasteiger partial charge in [-0.1, -0.05) is 6.07 Å². The normalized spacial score (nSPS) is 12.3. The van der Waals surface area contributed by atoms with Crippen molar-refractivity contribution in [2.24, 2.45) is 7.05 Å². The molecule has 0 spiro atoms. The number of nitrogens with one attached hydrogen (secondary N) is 1. The van der Waals surface area contributed by atoms with E-state index in [-0.39, 0.29) is 6.04 Å². The highest BCUT2D eigenvalue weighted by Gasteiger charge is 2.18. The monoisotopic (exact) mass is 360 g/mol. The van der Waals surface area contributed by atoms with Gasteiger partial charge in [0.25, 0.3) is 0 Å². The zero-order valence-electron chi connectivity index (χ0n) is 15.5. The maximum absolute atomic E-state index is 4.75. The van der Waals surface area contributed by atoms with Crippen molar-refractivity contribution in [2.75, 3.05) is 5.32 Å². The number of rotatable bonds is 5. The average molecular weight is 360 g/mol. The molecule has 1 N–H and O–H groups in total. The Bertz CT molecular complexity index is 1060. The Balaban J connectivity index is 1.74.